The number of rotatable bonds is 3. The van der Waals surface area contributed by atoms with Gasteiger partial charge >= 0.3 is 0 Å². The van der Waals surface area contributed by atoms with Gasteiger partial charge in [0.1, 0.15) is 11.6 Å². The fourth-order valence-corrected chi connectivity index (χ4v) is 4.29. The largest absolute Gasteiger partial charge is 0.383 e. The van der Waals surface area contributed by atoms with E-state index in [9.17, 15) is 4.39 Å². The number of nitrogen functional groups attached to an aromatic ring is 1. The molecule has 1 aliphatic rings. The molecule has 0 unspecified atom stereocenters. The molecule has 4 aromatic rings. The van der Waals surface area contributed by atoms with E-state index >= 15 is 0 Å². The Morgan fingerprint density at radius 3 is 2.45 bits per heavy atom. The summed E-state index contributed by atoms with van der Waals surface area (Å²) in [5.41, 5.74) is 8.80. The summed E-state index contributed by atoms with van der Waals surface area (Å²) in [6.07, 6.45) is 3.35. The molecule has 5 rings (SSSR count). The molecule has 0 aliphatic carbocycles. The number of para-hydroxylation sites is 1. The number of aromatic nitrogens is 4. The maximum Gasteiger partial charge on any atom is 0.228 e. The SMILES string of the molecule is Nc1c2c(-c3ccc(F)c(Cl)c3)nc(N3CCCCC3)nc2nn1-c1ccccc1Cl. The highest BCUT2D eigenvalue weighted by atomic mass is 35.5. The van der Waals surface area contributed by atoms with Crippen LogP contribution in [0.5, 0.6) is 0 Å². The molecule has 1 fully saturated rings. The molecule has 31 heavy (non-hydrogen) atoms. The summed E-state index contributed by atoms with van der Waals surface area (Å²) in [4.78, 5) is 11.7. The minimum Gasteiger partial charge on any atom is -0.383 e. The quantitative estimate of drug-likeness (QED) is 0.440. The first kappa shape index (κ1) is 20.0. The van der Waals surface area contributed by atoms with E-state index in [-0.39, 0.29) is 5.02 Å². The molecule has 2 aromatic carbocycles. The lowest BCUT2D eigenvalue weighted by Gasteiger charge is -2.26. The van der Waals surface area contributed by atoms with Crippen LogP contribution in [0.4, 0.5) is 16.2 Å². The van der Waals surface area contributed by atoms with Gasteiger partial charge in [-0.3, -0.25) is 0 Å². The molecule has 6 nitrogen and oxygen atoms in total. The number of nitrogens with two attached hydrogens (primary N) is 1. The van der Waals surface area contributed by atoms with Gasteiger partial charge in [0.15, 0.2) is 5.65 Å². The van der Waals surface area contributed by atoms with E-state index in [4.69, 9.17) is 38.9 Å². The van der Waals surface area contributed by atoms with Crippen molar-refractivity contribution >= 4 is 46.0 Å². The van der Waals surface area contributed by atoms with Gasteiger partial charge in [-0.2, -0.15) is 4.98 Å². The summed E-state index contributed by atoms with van der Waals surface area (Å²) < 4.78 is 15.4. The van der Waals surface area contributed by atoms with Gasteiger partial charge in [0.25, 0.3) is 0 Å². The van der Waals surface area contributed by atoms with E-state index in [2.05, 4.69) is 10.00 Å². The monoisotopic (exact) mass is 456 g/mol. The van der Waals surface area contributed by atoms with Crippen molar-refractivity contribution in [3.8, 4) is 16.9 Å². The Morgan fingerprint density at radius 1 is 0.935 bits per heavy atom. The van der Waals surface area contributed by atoms with Crippen LogP contribution in [0.15, 0.2) is 42.5 Å². The summed E-state index contributed by atoms with van der Waals surface area (Å²) in [7, 11) is 0. The van der Waals surface area contributed by atoms with E-state index < -0.39 is 5.82 Å². The Bertz CT molecular complexity index is 1280. The van der Waals surface area contributed by atoms with Gasteiger partial charge in [0, 0.05) is 18.7 Å². The van der Waals surface area contributed by atoms with Crippen LogP contribution in [-0.4, -0.2) is 32.8 Å². The third kappa shape index (κ3) is 3.58. The van der Waals surface area contributed by atoms with Crippen molar-refractivity contribution < 1.29 is 4.39 Å². The van der Waals surface area contributed by atoms with Crippen molar-refractivity contribution in [2.45, 2.75) is 19.3 Å². The average Bonchev–Trinajstić information content (AvgIpc) is 3.12. The lowest BCUT2D eigenvalue weighted by atomic mass is 10.1. The first-order valence-corrected chi connectivity index (χ1v) is 10.8. The maximum absolute atomic E-state index is 13.8. The molecule has 0 spiro atoms. The summed E-state index contributed by atoms with van der Waals surface area (Å²) in [5, 5.41) is 5.75. The molecule has 9 heteroatoms. The molecule has 0 atom stereocenters. The van der Waals surface area contributed by atoms with Gasteiger partial charge < -0.3 is 10.6 Å². The van der Waals surface area contributed by atoms with Crippen LogP contribution in [0.25, 0.3) is 28.0 Å². The molecule has 2 N–H and O–H groups in total. The topological polar surface area (TPSA) is 72.9 Å². The fourth-order valence-electron chi connectivity index (χ4n) is 3.89. The standard InChI is InChI=1S/C22H19Cl2FN6/c23-14-6-2-3-7-17(14)31-20(26)18-19(13-8-9-16(25)15(24)12-13)27-22(28-21(18)29-31)30-10-4-1-5-11-30/h2-3,6-9,12H,1,4-5,10-11,26H2. The Morgan fingerprint density at radius 2 is 1.71 bits per heavy atom. The zero-order valence-electron chi connectivity index (χ0n) is 16.5. The number of hydrogen-bond acceptors (Lipinski definition) is 5. The first-order valence-electron chi connectivity index (χ1n) is 10.0. The van der Waals surface area contributed by atoms with Gasteiger partial charge in [0.05, 0.1) is 26.8 Å². The predicted molar refractivity (Wildman–Crippen MR) is 123 cm³/mol. The number of nitrogens with zero attached hydrogens (tertiary/aromatic N) is 5. The van der Waals surface area contributed by atoms with E-state index in [0.717, 1.165) is 25.9 Å². The van der Waals surface area contributed by atoms with Crippen LogP contribution in [0.2, 0.25) is 10.0 Å². The highest BCUT2D eigenvalue weighted by molar-refractivity contribution is 6.32. The molecular formula is C22H19Cl2FN6. The third-order valence-corrected chi connectivity index (χ3v) is 6.08. The summed E-state index contributed by atoms with van der Waals surface area (Å²) in [6, 6.07) is 11.8. The highest BCUT2D eigenvalue weighted by Crippen LogP contribution is 2.36. The number of hydrogen-bond donors (Lipinski definition) is 1. The Balaban J connectivity index is 1.77. The van der Waals surface area contributed by atoms with Crippen LogP contribution in [0.3, 0.4) is 0 Å². The molecule has 0 radical (unpaired) electrons. The summed E-state index contributed by atoms with van der Waals surface area (Å²) >= 11 is 12.5. The molecule has 1 aliphatic heterocycles. The fraction of sp³-hybridized carbons (Fsp3) is 0.227. The van der Waals surface area contributed by atoms with Crippen molar-refractivity contribution in [2.24, 2.45) is 0 Å². The number of anilines is 2. The summed E-state index contributed by atoms with van der Waals surface area (Å²) in [6.45, 7) is 1.74. The van der Waals surface area contributed by atoms with Gasteiger partial charge in [0.2, 0.25) is 5.95 Å². The second-order valence-corrected chi connectivity index (χ2v) is 8.31. The lowest BCUT2D eigenvalue weighted by Crippen LogP contribution is -2.31. The number of fused-ring (bicyclic) bond motifs is 1. The van der Waals surface area contributed by atoms with Gasteiger partial charge in [-0.05, 0) is 49.6 Å². The van der Waals surface area contributed by atoms with Crippen molar-refractivity contribution in [3.63, 3.8) is 0 Å². The lowest BCUT2D eigenvalue weighted by molar-refractivity contribution is 0.569. The van der Waals surface area contributed by atoms with E-state index in [1.165, 1.54) is 12.5 Å². The Kier molecular flexibility index (Phi) is 5.16. The normalized spacial score (nSPS) is 14.4. The van der Waals surface area contributed by atoms with E-state index in [1.807, 2.05) is 18.2 Å². The van der Waals surface area contributed by atoms with E-state index in [0.29, 0.717) is 44.8 Å². The average molecular weight is 457 g/mol. The second kappa shape index (κ2) is 7.98. The molecule has 1 saturated heterocycles. The van der Waals surface area contributed by atoms with Crippen LogP contribution in [-0.2, 0) is 0 Å². The molecule has 3 heterocycles. The number of piperidine rings is 1. The third-order valence-electron chi connectivity index (χ3n) is 5.47. The van der Waals surface area contributed by atoms with Gasteiger partial charge in [-0.1, -0.05) is 35.3 Å². The minimum absolute atomic E-state index is 0.0147. The Hall–Kier alpha value is -2.90. The van der Waals surface area contributed by atoms with Gasteiger partial charge in [-0.25, -0.2) is 14.1 Å². The first-order chi connectivity index (χ1) is 15.0. The molecule has 0 amide bonds. The molecule has 0 bridgehead atoms. The second-order valence-electron chi connectivity index (χ2n) is 7.50. The molecular weight excluding hydrogens is 438 g/mol. The zero-order chi connectivity index (χ0) is 21.5. The van der Waals surface area contributed by atoms with E-state index in [1.54, 1.807) is 22.9 Å². The van der Waals surface area contributed by atoms with Crippen molar-refractivity contribution in [2.75, 3.05) is 23.7 Å². The van der Waals surface area contributed by atoms with Crippen LogP contribution in [0.1, 0.15) is 19.3 Å². The summed E-state index contributed by atoms with van der Waals surface area (Å²) in [5.74, 6) is 0.432. The molecule has 158 valence electrons. The number of halogens is 3. The zero-order valence-corrected chi connectivity index (χ0v) is 18.0. The smallest absolute Gasteiger partial charge is 0.228 e. The number of benzene rings is 2. The minimum atomic E-state index is -0.494. The van der Waals surface area contributed by atoms with Crippen molar-refractivity contribution in [3.05, 3.63) is 58.3 Å². The van der Waals surface area contributed by atoms with Crippen LogP contribution >= 0.6 is 23.2 Å². The van der Waals surface area contributed by atoms with Gasteiger partial charge in [-0.15, -0.1) is 5.10 Å². The molecule has 2 aromatic heterocycles. The van der Waals surface area contributed by atoms with Crippen LogP contribution in [0, 0.1) is 5.82 Å². The highest BCUT2D eigenvalue weighted by Gasteiger charge is 2.23. The Labute approximate surface area is 188 Å². The van der Waals surface area contributed by atoms with Crippen molar-refractivity contribution in [1.82, 2.24) is 19.7 Å². The predicted octanol–water partition coefficient (Wildman–Crippen LogP) is 5.50. The van der Waals surface area contributed by atoms with Crippen LogP contribution < -0.4 is 10.6 Å². The molecule has 0 saturated carbocycles. The van der Waals surface area contributed by atoms with Crippen molar-refractivity contribution in [1.29, 1.82) is 0 Å². The maximum atomic E-state index is 13.8.